The number of nitriles is 1. The number of hydrogen-bond acceptors (Lipinski definition) is 7. The second-order valence-corrected chi connectivity index (χ2v) is 12.3. The molecule has 0 radical (unpaired) electrons. The van der Waals surface area contributed by atoms with Gasteiger partial charge in [-0.1, -0.05) is 25.1 Å². The second kappa shape index (κ2) is 10.8. The topological polar surface area (TPSA) is 135 Å². The Balaban J connectivity index is 1.50. The van der Waals surface area contributed by atoms with Gasteiger partial charge in [0.1, 0.15) is 28.7 Å². The molecule has 40 heavy (non-hydrogen) atoms. The van der Waals surface area contributed by atoms with E-state index in [1.165, 1.54) is 16.8 Å². The quantitative estimate of drug-likeness (QED) is 0.340. The molecule has 1 aliphatic carbocycles. The average Bonchev–Trinajstić information content (AvgIpc) is 3.40. The van der Waals surface area contributed by atoms with Crippen LogP contribution >= 0.6 is 0 Å². The second-order valence-electron chi connectivity index (χ2n) is 12.3. The Morgan fingerprint density at radius 1 is 1.25 bits per heavy atom. The number of hydrogen-bond donors (Lipinski definition) is 2. The van der Waals surface area contributed by atoms with Crippen molar-refractivity contribution in [2.24, 2.45) is 5.41 Å². The molecule has 0 saturated heterocycles. The van der Waals surface area contributed by atoms with Crippen molar-refractivity contribution in [3.8, 4) is 17.3 Å². The first-order valence-corrected chi connectivity index (χ1v) is 13.2. The summed E-state index contributed by atoms with van der Waals surface area (Å²) in [6.45, 7) is 13.2. The number of nitrogens with zero attached hydrogens (tertiary/aromatic N) is 4. The summed E-state index contributed by atoms with van der Waals surface area (Å²) >= 11 is 0. The zero-order valence-electron chi connectivity index (χ0n) is 23.9. The summed E-state index contributed by atoms with van der Waals surface area (Å²) in [6.07, 6.45) is 1.18. The molecule has 1 aromatic carbocycles. The Labute approximate surface area is 232 Å². The van der Waals surface area contributed by atoms with Crippen LogP contribution in [0.1, 0.15) is 90.1 Å². The van der Waals surface area contributed by atoms with E-state index in [2.05, 4.69) is 34.7 Å². The molecule has 4 rings (SSSR count). The molecule has 2 heterocycles. The number of nitrogens with one attached hydrogen (secondary N) is 2. The van der Waals surface area contributed by atoms with E-state index in [9.17, 15) is 14.9 Å². The van der Waals surface area contributed by atoms with Crippen LogP contribution in [0.5, 0.6) is 0 Å². The summed E-state index contributed by atoms with van der Waals surface area (Å²) in [6, 6.07) is 7.81. The molecule has 0 bridgehead atoms. The summed E-state index contributed by atoms with van der Waals surface area (Å²) in [4.78, 5) is 25.0. The van der Waals surface area contributed by atoms with Crippen LogP contribution in [0.15, 0.2) is 28.8 Å². The highest BCUT2D eigenvalue weighted by Crippen LogP contribution is 2.50. The first-order valence-electron chi connectivity index (χ1n) is 13.2. The molecule has 2 amide bonds. The molecule has 0 atom stereocenters. The number of ether oxygens (including phenoxy) is 1. The minimum atomic E-state index is -0.755. The zero-order chi connectivity index (χ0) is 29.4. The van der Waals surface area contributed by atoms with E-state index in [1.54, 1.807) is 32.9 Å². The number of aromatic nitrogens is 3. The third kappa shape index (κ3) is 6.50. The summed E-state index contributed by atoms with van der Waals surface area (Å²) < 4.78 is 27.4. The van der Waals surface area contributed by atoms with E-state index in [1.807, 2.05) is 19.9 Å². The lowest BCUT2D eigenvalue weighted by molar-refractivity contribution is -0.115. The maximum Gasteiger partial charge on any atom is 0.413 e. The maximum atomic E-state index is 15.3. The first kappa shape index (κ1) is 28.8. The lowest BCUT2D eigenvalue weighted by atomic mass is 9.63. The van der Waals surface area contributed by atoms with Crippen LogP contribution in [0.2, 0.25) is 0 Å². The molecule has 0 aliphatic heterocycles. The van der Waals surface area contributed by atoms with E-state index in [4.69, 9.17) is 9.26 Å². The average molecular weight is 551 g/mol. The lowest BCUT2D eigenvalue weighted by Crippen LogP contribution is -2.29. The Morgan fingerprint density at radius 3 is 2.52 bits per heavy atom. The van der Waals surface area contributed by atoms with E-state index in [-0.39, 0.29) is 46.9 Å². The van der Waals surface area contributed by atoms with E-state index >= 15 is 4.39 Å². The highest BCUT2D eigenvalue weighted by molar-refractivity contribution is 5.91. The number of benzene rings is 1. The number of rotatable bonds is 7. The minimum absolute atomic E-state index is 0.0000685. The van der Waals surface area contributed by atoms with Crippen molar-refractivity contribution >= 4 is 23.7 Å². The molecule has 0 unspecified atom stereocenters. The fraction of sp³-hybridized carbons (Fsp3) is 0.483. The van der Waals surface area contributed by atoms with Crippen LogP contribution in [-0.2, 0) is 16.0 Å². The largest absolute Gasteiger partial charge is 0.444 e. The monoisotopic (exact) mass is 550 g/mol. The predicted molar refractivity (Wildman–Crippen MR) is 147 cm³/mol. The number of carbonyl (C=O) groups is 2. The fourth-order valence-electron chi connectivity index (χ4n) is 4.87. The zero-order valence-corrected chi connectivity index (χ0v) is 23.9. The van der Waals surface area contributed by atoms with Crippen LogP contribution in [0.25, 0.3) is 11.3 Å². The van der Waals surface area contributed by atoms with Crippen molar-refractivity contribution < 1.29 is 23.2 Å². The molecule has 1 saturated carbocycles. The number of amides is 2. The van der Waals surface area contributed by atoms with Crippen molar-refractivity contribution in [3.63, 3.8) is 0 Å². The van der Waals surface area contributed by atoms with Gasteiger partial charge in [-0.15, -0.1) is 0 Å². The molecular weight excluding hydrogens is 515 g/mol. The van der Waals surface area contributed by atoms with Gasteiger partial charge < -0.3 is 9.26 Å². The fourth-order valence-corrected chi connectivity index (χ4v) is 4.87. The predicted octanol–water partition coefficient (Wildman–Crippen LogP) is 6.56. The molecule has 3 aromatic rings. The van der Waals surface area contributed by atoms with Gasteiger partial charge >= 0.3 is 6.09 Å². The van der Waals surface area contributed by atoms with Gasteiger partial charge in [-0.05, 0) is 70.6 Å². The van der Waals surface area contributed by atoms with Crippen molar-refractivity contribution in [1.82, 2.24) is 14.9 Å². The third-order valence-corrected chi connectivity index (χ3v) is 6.59. The number of halogens is 1. The Bertz CT molecular complexity index is 1470. The smallest absolute Gasteiger partial charge is 0.413 e. The first-order chi connectivity index (χ1) is 18.7. The van der Waals surface area contributed by atoms with Gasteiger partial charge in [0, 0.05) is 23.6 Å². The standard InChI is InChI=1S/C29H35FN6O4/c1-16(2)36-26(33-27(38)39-28(3,4)5)20(15-31)25(34-36)19-9-8-17(10-21(19)30)11-23(37)32-24-12-22(35-40-24)18-13-29(6,7)14-18/h8-10,12,16,18H,11,13-14H2,1-7H3,(H,32,37)(H,33,38). The Morgan fingerprint density at radius 2 is 1.95 bits per heavy atom. The van der Waals surface area contributed by atoms with Crippen LogP contribution in [-0.4, -0.2) is 32.5 Å². The molecule has 1 fully saturated rings. The van der Waals surface area contributed by atoms with Gasteiger partial charge in [0.05, 0.1) is 12.1 Å². The molecule has 0 spiro atoms. The van der Waals surface area contributed by atoms with Gasteiger partial charge in [-0.25, -0.2) is 13.9 Å². The maximum absolute atomic E-state index is 15.3. The van der Waals surface area contributed by atoms with Gasteiger partial charge in [0.15, 0.2) is 5.82 Å². The van der Waals surface area contributed by atoms with Crippen molar-refractivity contribution in [3.05, 3.63) is 46.9 Å². The van der Waals surface area contributed by atoms with Crippen molar-refractivity contribution in [1.29, 1.82) is 5.26 Å². The van der Waals surface area contributed by atoms with Gasteiger partial charge in [0.2, 0.25) is 11.8 Å². The van der Waals surface area contributed by atoms with Crippen LogP contribution in [0.3, 0.4) is 0 Å². The highest BCUT2D eigenvalue weighted by Gasteiger charge is 2.38. The highest BCUT2D eigenvalue weighted by atomic mass is 19.1. The Kier molecular flexibility index (Phi) is 7.74. The SMILES string of the molecule is CC(C)n1nc(-c2ccc(CC(=O)Nc3cc(C4CC(C)(C)C4)no3)cc2F)c(C#N)c1NC(=O)OC(C)(C)C. The van der Waals surface area contributed by atoms with E-state index in [0.717, 1.165) is 18.5 Å². The normalized spacial score (nSPS) is 14.9. The molecule has 10 nitrogen and oxygen atoms in total. The summed E-state index contributed by atoms with van der Waals surface area (Å²) in [5, 5.41) is 23.7. The van der Waals surface area contributed by atoms with Gasteiger partial charge in [-0.3, -0.25) is 15.4 Å². The van der Waals surface area contributed by atoms with E-state index < -0.39 is 17.5 Å². The lowest BCUT2D eigenvalue weighted by Gasteiger charge is -2.41. The van der Waals surface area contributed by atoms with Gasteiger partial charge in [-0.2, -0.15) is 10.4 Å². The molecule has 1 aliphatic rings. The molecule has 11 heteroatoms. The summed E-state index contributed by atoms with van der Waals surface area (Å²) in [5.41, 5.74) is 0.924. The van der Waals surface area contributed by atoms with Crippen molar-refractivity contribution in [2.75, 3.05) is 10.6 Å². The van der Waals surface area contributed by atoms with E-state index in [0.29, 0.717) is 16.9 Å². The molecular formula is C29H35FN6O4. The van der Waals surface area contributed by atoms with Gasteiger partial charge in [0.25, 0.3) is 0 Å². The van der Waals surface area contributed by atoms with Crippen LogP contribution < -0.4 is 10.6 Å². The molecule has 2 N–H and O–H groups in total. The third-order valence-electron chi connectivity index (χ3n) is 6.59. The van der Waals surface area contributed by atoms with Crippen molar-refractivity contribution in [2.45, 2.75) is 85.3 Å². The summed E-state index contributed by atoms with van der Waals surface area (Å²) in [5.74, 6) is -0.349. The van der Waals surface area contributed by atoms with Crippen LogP contribution in [0, 0.1) is 22.6 Å². The summed E-state index contributed by atoms with van der Waals surface area (Å²) in [7, 11) is 0. The minimum Gasteiger partial charge on any atom is -0.444 e. The molecule has 2 aromatic heterocycles. The Hall–Kier alpha value is -4.20. The number of anilines is 2. The molecule has 212 valence electrons. The number of carbonyl (C=O) groups excluding carboxylic acids is 2. The van der Waals surface area contributed by atoms with Crippen LogP contribution in [0.4, 0.5) is 20.9 Å².